The van der Waals surface area contributed by atoms with Gasteiger partial charge in [0.05, 0.1) is 0 Å². The lowest BCUT2D eigenvalue weighted by Gasteiger charge is -2.33. The van der Waals surface area contributed by atoms with E-state index < -0.39 is 0 Å². The fourth-order valence-corrected chi connectivity index (χ4v) is 2.81. The van der Waals surface area contributed by atoms with Gasteiger partial charge in [-0.15, -0.1) is 0 Å². The number of benzene rings is 1. The molecule has 1 aromatic carbocycles. The highest BCUT2D eigenvalue weighted by atomic mass is 15.2. The van der Waals surface area contributed by atoms with Crippen LogP contribution in [-0.2, 0) is 0 Å². The van der Waals surface area contributed by atoms with Gasteiger partial charge < -0.3 is 10.2 Å². The van der Waals surface area contributed by atoms with E-state index in [1.807, 2.05) is 0 Å². The lowest BCUT2D eigenvalue weighted by Crippen LogP contribution is -2.39. The zero-order valence-electron chi connectivity index (χ0n) is 12.1. The predicted molar refractivity (Wildman–Crippen MR) is 79.4 cm³/mol. The van der Waals surface area contributed by atoms with Crippen LogP contribution in [0.2, 0.25) is 0 Å². The molecule has 0 radical (unpaired) electrons. The van der Waals surface area contributed by atoms with Crippen LogP contribution in [0.5, 0.6) is 0 Å². The van der Waals surface area contributed by atoms with Gasteiger partial charge in [0.1, 0.15) is 0 Å². The topological polar surface area (TPSA) is 15.3 Å². The third-order valence-corrected chi connectivity index (χ3v) is 3.93. The third kappa shape index (κ3) is 2.86. The molecule has 1 aliphatic rings. The van der Waals surface area contributed by atoms with Crippen LogP contribution in [0.4, 0.5) is 5.69 Å². The van der Waals surface area contributed by atoms with Crippen LogP contribution in [0.25, 0.3) is 0 Å². The van der Waals surface area contributed by atoms with Gasteiger partial charge in [0.2, 0.25) is 0 Å². The number of rotatable bonds is 2. The molecular formula is C16H26N2. The molecule has 2 nitrogen and oxygen atoms in total. The summed E-state index contributed by atoms with van der Waals surface area (Å²) in [6.45, 7) is 11.4. The van der Waals surface area contributed by atoms with Gasteiger partial charge in [0, 0.05) is 24.3 Å². The quantitative estimate of drug-likeness (QED) is 0.860. The molecule has 2 unspecified atom stereocenters. The van der Waals surface area contributed by atoms with Crippen molar-refractivity contribution in [1.29, 1.82) is 0 Å². The maximum absolute atomic E-state index is 3.58. The fourth-order valence-electron chi connectivity index (χ4n) is 2.81. The van der Waals surface area contributed by atoms with Crippen LogP contribution >= 0.6 is 0 Å². The largest absolute Gasteiger partial charge is 0.367 e. The molecule has 1 saturated heterocycles. The van der Waals surface area contributed by atoms with Gasteiger partial charge >= 0.3 is 0 Å². The lowest BCUT2D eigenvalue weighted by atomic mass is 9.99. The number of nitrogens with one attached hydrogen (secondary N) is 1. The van der Waals surface area contributed by atoms with Gasteiger partial charge in [0.15, 0.2) is 0 Å². The summed E-state index contributed by atoms with van der Waals surface area (Å²) in [5.41, 5.74) is 2.90. The first-order chi connectivity index (χ1) is 8.59. The summed E-state index contributed by atoms with van der Waals surface area (Å²) in [5.74, 6) is 0.583. The summed E-state index contributed by atoms with van der Waals surface area (Å²) in [7, 11) is 0. The normalized spacial score (nSPS) is 25.3. The molecule has 2 heteroatoms. The van der Waals surface area contributed by atoms with E-state index in [4.69, 9.17) is 0 Å². The molecule has 0 spiro atoms. The van der Waals surface area contributed by atoms with Crippen molar-refractivity contribution < 1.29 is 0 Å². The van der Waals surface area contributed by atoms with E-state index in [-0.39, 0.29) is 0 Å². The zero-order valence-corrected chi connectivity index (χ0v) is 12.1. The SMILES string of the molecule is CC1CN(c2ccccc2C(C)C)C(C)CCN1. The molecule has 1 N–H and O–H groups in total. The summed E-state index contributed by atoms with van der Waals surface area (Å²) >= 11 is 0. The Labute approximate surface area is 111 Å². The third-order valence-electron chi connectivity index (χ3n) is 3.93. The van der Waals surface area contributed by atoms with Crippen molar-refractivity contribution in [3.05, 3.63) is 29.8 Å². The van der Waals surface area contributed by atoms with Crippen molar-refractivity contribution in [3.8, 4) is 0 Å². The summed E-state index contributed by atoms with van der Waals surface area (Å²) in [4.78, 5) is 2.58. The molecule has 2 rings (SSSR count). The monoisotopic (exact) mass is 246 g/mol. The first kappa shape index (κ1) is 13.4. The van der Waals surface area contributed by atoms with E-state index >= 15 is 0 Å². The molecule has 0 saturated carbocycles. The van der Waals surface area contributed by atoms with Gasteiger partial charge in [-0.1, -0.05) is 32.0 Å². The minimum absolute atomic E-state index is 0.565. The Bertz CT molecular complexity index is 386. The smallest absolute Gasteiger partial charge is 0.0404 e. The highest BCUT2D eigenvalue weighted by molar-refractivity contribution is 5.56. The minimum atomic E-state index is 0.565. The van der Waals surface area contributed by atoms with Gasteiger partial charge in [-0.05, 0) is 44.4 Å². The number of hydrogen-bond acceptors (Lipinski definition) is 2. The summed E-state index contributed by atoms with van der Waals surface area (Å²) < 4.78 is 0. The molecule has 18 heavy (non-hydrogen) atoms. The Morgan fingerprint density at radius 3 is 2.67 bits per heavy atom. The van der Waals surface area contributed by atoms with Crippen LogP contribution in [0.1, 0.15) is 45.6 Å². The van der Waals surface area contributed by atoms with Crippen molar-refractivity contribution in [2.24, 2.45) is 0 Å². The number of nitrogens with zero attached hydrogens (tertiary/aromatic N) is 1. The highest BCUT2D eigenvalue weighted by Gasteiger charge is 2.22. The number of anilines is 1. The van der Waals surface area contributed by atoms with Gasteiger partial charge in [-0.2, -0.15) is 0 Å². The summed E-state index contributed by atoms with van der Waals surface area (Å²) in [6.07, 6.45) is 1.22. The van der Waals surface area contributed by atoms with E-state index in [2.05, 4.69) is 62.2 Å². The molecule has 0 bridgehead atoms. The van der Waals surface area contributed by atoms with Crippen LogP contribution in [-0.4, -0.2) is 25.2 Å². The van der Waals surface area contributed by atoms with Crippen LogP contribution < -0.4 is 10.2 Å². The first-order valence-electron chi connectivity index (χ1n) is 7.18. The second-order valence-electron chi connectivity index (χ2n) is 5.86. The first-order valence-corrected chi connectivity index (χ1v) is 7.18. The Morgan fingerprint density at radius 2 is 1.94 bits per heavy atom. The van der Waals surface area contributed by atoms with Crippen molar-refractivity contribution in [3.63, 3.8) is 0 Å². The number of hydrogen-bond donors (Lipinski definition) is 1. The van der Waals surface area contributed by atoms with Crippen molar-refractivity contribution in [2.45, 2.75) is 52.1 Å². The van der Waals surface area contributed by atoms with E-state index in [0.29, 0.717) is 18.0 Å². The minimum Gasteiger partial charge on any atom is -0.367 e. The van der Waals surface area contributed by atoms with E-state index in [0.717, 1.165) is 13.1 Å². The Kier molecular flexibility index (Phi) is 4.28. The second-order valence-corrected chi connectivity index (χ2v) is 5.86. The predicted octanol–water partition coefficient (Wildman–Crippen LogP) is 3.39. The van der Waals surface area contributed by atoms with Crippen LogP contribution in [0.15, 0.2) is 24.3 Å². The van der Waals surface area contributed by atoms with Gasteiger partial charge in [0.25, 0.3) is 0 Å². The fraction of sp³-hybridized carbons (Fsp3) is 0.625. The van der Waals surface area contributed by atoms with E-state index in [9.17, 15) is 0 Å². The van der Waals surface area contributed by atoms with Gasteiger partial charge in [-0.3, -0.25) is 0 Å². The molecule has 2 atom stereocenters. The molecule has 100 valence electrons. The molecular weight excluding hydrogens is 220 g/mol. The van der Waals surface area contributed by atoms with Crippen molar-refractivity contribution in [2.75, 3.05) is 18.0 Å². The summed E-state index contributed by atoms with van der Waals surface area (Å²) in [6, 6.07) is 10.1. The van der Waals surface area contributed by atoms with E-state index in [1.165, 1.54) is 17.7 Å². The Balaban J connectivity index is 2.33. The molecule has 0 aromatic heterocycles. The van der Waals surface area contributed by atoms with Crippen LogP contribution in [0.3, 0.4) is 0 Å². The molecule has 0 aliphatic carbocycles. The maximum Gasteiger partial charge on any atom is 0.0404 e. The van der Waals surface area contributed by atoms with Crippen molar-refractivity contribution >= 4 is 5.69 Å². The molecule has 1 aliphatic heterocycles. The average Bonchev–Trinajstić information content (AvgIpc) is 2.51. The molecule has 0 amide bonds. The zero-order chi connectivity index (χ0) is 13.1. The molecule has 1 heterocycles. The molecule has 1 aromatic rings. The maximum atomic E-state index is 3.58. The second kappa shape index (κ2) is 5.75. The highest BCUT2D eigenvalue weighted by Crippen LogP contribution is 2.30. The Morgan fingerprint density at radius 1 is 1.22 bits per heavy atom. The standard InChI is InChI=1S/C16H26N2/c1-12(2)15-7-5-6-8-16(15)18-11-13(3)17-10-9-14(18)4/h5-8,12-14,17H,9-11H2,1-4H3. The molecule has 1 fully saturated rings. The number of para-hydroxylation sites is 1. The summed E-state index contributed by atoms with van der Waals surface area (Å²) in [5, 5.41) is 3.58. The lowest BCUT2D eigenvalue weighted by molar-refractivity contribution is 0.584. The Hall–Kier alpha value is -1.02. The van der Waals surface area contributed by atoms with Crippen molar-refractivity contribution in [1.82, 2.24) is 5.32 Å². The van der Waals surface area contributed by atoms with Gasteiger partial charge in [-0.25, -0.2) is 0 Å². The van der Waals surface area contributed by atoms with E-state index in [1.54, 1.807) is 0 Å². The average molecular weight is 246 g/mol. The van der Waals surface area contributed by atoms with Crippen LogP contribution in [0, 0.1) is 0 Å².